The fourth-order valence-corrected chi connectivity index (χ4v) is 2.00. The molecule has 0 radical (unpaired) electrons. The summed E-state index contributed by atoms with van der Waals surface area (Å²) in [6, 6.07) is -0.0139. The highest BCUT2D eigenvalue weighted by molar-refractivity contribution is 5.73. The molecule has 0 aliphatic heterocycles. The van der Waals surface area contributed by atoms with Crippen LogP contribution < -0.4 is 10.6 Å². The molecule has 0 bridgehead atoms. The van der Waals surface area contributed by atoms with Gasteiger partial charge in [-0.3, -0.25) is 0 Å². The minimum atomic E-state index is -0.0139. The van der Waals surface area contributed by atoms with Gasteiger partial charge < -0.3 is 10.6 Å². The van der Waals surface area contributed by atoms with Gasteiger partial charge in [-0.15, -0.1) is 0 Å². The average molecular weight is 198 g/mol. The number of hydrogen-bond donors (Lipinski definition) is 2. The van der Waals surface area contributed by atoms with E-state index in [0.29, 0.717) is 5.41 Å². The zero-order chi connectivity index (χ0) is 10.4. The van der Waals surface area contributed by atoms with Crippen LogP contribution in [-0.2, 0) is 0 Å². The van der Waals surface area contributed by atoms with Gasteiger partial charge in [0.25, 0.3) is 0 Å². The first-order valence-electron chi connectivity index (χ1n) is 5.68. The van der Waals surface area contributed by atoms with E-state index in [0.717, 1.165) is 19.5 Å². The maximum Gasteiger partial charge on any atom is 0.314 e. The van der Waals surface area contributed by atoms with E-state index in [1.807, 2.05) is 0 Å². The van der Waals surface area contributed by atoms with Crippen LogP contribution in [0.15, 0.2) is 0 Å². The SMILES string of the molecule is CCCNC(=O)NCC1(C)CCCC1. The summed E-state index contributed by atoms with van der Waals surface area (Å²) in [7, 11) is 0. The Kier molecular flexibility index (Phi) is 4.23. The average Bonchev–Trinajstić information content (AvgIpc) is 2.60. The lowest BCUT2D eigenvalue weighted by atomic mass is 9.89. The zero-order valence-electron chi connectivity index (χ0n) is 9.36. The van der Waals surface area contributed by atoms with Crippen molar-refractivity contribution in [3.8, 4) is 0 Å². The summed E-state index contributed by atoms with van der Waals surface area (Å²) in [6.07, 6.45) is 6.12. The number of nitrogens with one attached hydrogen (secondary N) is 2. The predicted octanol–water partition coefficient (Wildman–Crippen LogP) is 2.28. The van der Waals surface area contributed by atoms with E-state index in [2.05, 4.69) is 24.5 Å². The van der Waals surface area contributed by atoms with Crippen molar-refractivity contribution >= 4 is 6.03 Å². The lowest BCUT2D eigenvalue weighted by Crippen LogP contribution is -2.41. The molecule has 0 saturated heterocycles. The second kappa shape index (κ2) is 5.23. The van der Waals surface area contributed by atoms with Crippen LogP contribution in [0.4, 0.5) is 4.79 Å². The quantitative estimate of drug-likeness (QED) is 0.715. The van der Waals surface area contributed by atoms with Crippen LogP contribution in [0.5, 0.6) is 0 Å². The third-order valence-electron chi connectivity index (χ3n) is 3.02. The summed E-state index contributed by atoms with van der Waals surface area (Å²) in [5.74, 6) is 0. The summed E-state index contributed by atoms with van der Waals surface area (Å²) in [4.78, 5) is 11.3. The highest BCUT2D eigenvalue weighted by Gasteiger charge is 2.28. The van der Waals surface area contributed by atoms with Crippen molar-refractivity contribution in [1.82, 2.24) is 10.6 Å². The van der Waals surface area contributed by atoms with E-state index in [9.17, 15) is 4.79 Å². The molecular formula is C11H22N2O. The van der Waals surface area contributed by atoms with Crippen LogP contribution in [0, 0.1) is 5.41 Å². The van der Waals surface area contributed by atoms with Crippen LogP contribution >= 0.6 is 0 Å². The van der Waals surface area contributed by atoms with E-state index in [1.54, 1.807) is 0 Å². The van der Waals surface area contributed by atoms with Crippen molar-refractivity contribution in [2.45, 2.75) is 46.0 Å². The number of urea groups is 1. The topological polar surface area (TPSA) is 41.1 Å². The first-order chi connectivity index (χ1) is 6.66. The first kappa shape index (κ1) is 11.3. The van der Waals surface area contributed by atoms with E-state index >= 15 is 0 Å². The fraction of sp³-hybridized carbons (Fsp3) is 0.909. The smallest absolute Gasteiger partial charge is 0.314 e. The second-order valence-electron chi connectivity index (χ2n) is 4.63. The molecule has 1 aliphatic carbocycles. The maximum absolute atomic E-state index is 11.3. The Morgan fingerprint density at radius 3 is 2.50 bits per heavy atom. The lowest BCUT2D eigenvalue weighted by Gasteiger charge is -2.23. The van der Waals surface area contributed by atoms with Gasteiger partial charge in [0.2, 0.25) is 0 Å². The largest absolute Gasteiger partial charge is 0.338 e. The summed E-state index contributed by atoms with van der Waals surface area (Å²) in [5.41, 5.74) is 0.351. The molecule has 2 amide bonds. The molecule has 0 aromatic heterocycles. The Labute approximate surface area is 86.6 Å². The third-order valence-corrected chi connectivity index (χ3v) is 3.02. The van der Waals surface area contributed by atoms with Crippen molar-refractivity contribution in [1.29, 1.82) is 0 Å². The van der Waals surface area contributed by atoms with Crippen LogP contribution in [0.1, 0.15) is 46.0 Å². The molecule has 0 heterocycles. The highest BCUT2D eigenvalue weighted by atomic mass is 16.2. The van der Waals surface area contributed by atoms with Crippen molar-refractivity contribution in [3.05, 3.63) is 0 Å². The van der Waals surface area contributed by atoms with Gasteiger partial charge in [-0.25, -0.2) is 4.79 Å². The second-order valence-corrected chi connectivity index (χ2v) is 4.63. The molecule has 2 N–H and O–H groups in total. The van der Waals surface area contributed by atoms with Gasteiger partial charge in [0, 0.05) is 13.1 Å². The molecule has 14 heavy (non-hydrogen) atoms. The maximum atomic E-state index is 11.3. The zero-order valence-corrected chi connectivity index (χ0v) is 9.36. The fourth-order valence-electron chi connectivity index (χ4n) is 2.00. The van der Waals surface area contributed by atoms with Gasteiger partial charge in [0.15, 0.2) is 0 Å². The van der Waals surface area contributed by atoms with Gasteiger partial charge in [-0.1, -0.05) is 26.7 Å². The van der Waals surface area contributed by atoms with E-state index in [4.69, 9.17) is 0 Å². The number of carbonyl (C=O) groups is 1. The standard InChI is InChI=1S/C11H22N2O/c1-3-8-12-10(14)13-9-11(2)6-4-5-7-11/h3-9H2,1-2H3,(H2,12,13,14). The number of rotatable bonds is 4. The van der Waals surface area contributed by atoms with Gasteiger partial charge in [0.05, 0.1) is 0 Å². The molecule has 82 valence electrons. The predicted molar refractivity (Wildman–Crippen MR) is 58.3 cm³/mol. The minimum absolute atomic E-state index is 0.0139. The summed E-state index contributed by atoms with van der Waals surface area (Å²) in [6.45, 7) is 5.91. The molecule has 0 atom stereocenters. The Hall–Kier alpha value is -0.730. The lowest BCUT2D eigenvalue weighted by molar-refractivity contribution is 0.231. The Morgan fingerprint density at radius 2 is 1.93 bits per heavy atom. The van der Waals surface area contributed by atoms with Crippen LogP contribution in [0.3, 0.4) is 0 Å². The molecule has 1 rings (SSSR count). The van der Waals surface area contributed by atoms with E-state index in [1.165, 1.54) is 25.7 Å². The number of hydrogen-bond acceptors (Lipinski definition) is 1. The highest BCUT2D eigenvalue weighted by Crippen LogP contribution is 2.36. The monoisotopic (exact) mass is 198 g/mol. The Balaban J connectivity index is 2.15. The van der Waals surface area contributed by atoms with Gasteiger partial charge in [-0.05, 0) is 24.7 Å². The molecular weight excluding hydrogens is 176 g/mol. The number of carbonyl (C=O) groups excluding carboxylic acids is 1. The normalized spacial score (nSPS) is 19.3. The summed E-state index contributed by atoms with van der Waals surface area (Å²) in [5, 5.41) is 5.77. The molecule has 0 unspecified atom stereocenters. The van der Waals surface area contributed by atoms with Crippen LogP contribution in [0.25, 0.3) is 0 Å². The van der Waals surface area contributed by atoms with Gasteiger partial charge in [-0.2, -0.15) is 0 Å². The first-order valence-corrected chi connectivity index (χ1v) is 5.68. The molecule has 3 nitrogen and oxygen atoms in total. The molecule has 0 aromatic rings. The summed E-state index contributed by atoms with van der Waals surface area (Å²) < 4.78 is 0. The van der Waals surface area contributed by atoms with Crippen molar-refractivity contribution in [2.24, 2.45) is 5.41 Å². The third kappa shape index (κ3) is 3.56. The van der Waals surface area contributed by atoms with Gasteiger partial charge in [0.1, 0.15) is 0 Å². The van der Waals surface area contributed by atoms with E-state index in [-0.39, 0.29) is 6.03 Å². The van der Waals surface area contributed by atoms with Crippen molar-refractivity contribution < 1.29 is 4.79 Å². The van der Waals surface area contributed by atoms with E-state index < -0.39 is 0 Å². The molecule has 3 heteroatoms. The van der Waals surface area contributed by atoms with Crippen molar-refractivity contribution in [2.75, 3.05) is 13.1 Å². The van der Waals surface area contributed by atoms with Crippen molar-refractivity contribution in [3.63, 3.8) is 0 Å². The molecule has 0 aromatic carbocycles. The molecule has 1 saturated carbocycles. The number of amides is 2. The van der Waals surface area contributed by atoms with Gasteiger partial charge >= 0.3 is 6.03 Å². The van der Waals surface area contributed by atoms with Crippen LogP contribution in [-0.4, -0.2) is 19.1 Å². The Morgan fingerprint density at radius 1 is 1.29 bits per heavy atom. The Bertz CT molecular complexity index is 186. The molecule has 1 fully saturated rings. The summed E-state index contributed by atoms with van der Waals surface area (Å²) >= 11 is 0. The molecule has 1 aliphatic rings. The van der Waals surface area contributed by atoms with Crippen LogP contribution in [0.2, 0.25) is 0 Å². The molecule has 0 spiro atoms. The minimum Gasteiger partial charge on any atom is -0.338 e.